The van der Waals surface area contributed by atoms with Crippen LogP contribution in [0, 0.1) is 0 Å². The van der Waals surface area contributed by atoms with E-state index in [0.717, 1.165) is 13.0 Å². The molecule has 6 nitrogen and oxygen atoms in total. The Kier molecular flexibility index (Phi) is 8.66. The Balaban J connectivity index is 2.39. The minimum Gasteiger partial charge on any atom is -0.461 e. The molecule has 0 aliphatic heterocycles. The predicted octanol–water partition coefficient (Wildman–Crippen LogP) is 2.66. The minimum absolute atomic E-state index is 0.248. The molecule has 1 heterocycles. The SMILES string of the molecule is CCCCCCCCCn1nnc(C(=O)OCC)c1CN. The summed E-state index contributed by atoms with van der Waals surface area (Å²) in [6, 6.07) is 0. The number of rotatable bonds is 11. The third-order valence-electron chi connectivity index (χ3n) is 3.47. The minimum atomic E-state index is -0.441. The van der Waals surface area contributed by atoms with E-state index in [4.69, 9.17) is 10.5 Å². The number of carbonyl (C=O) groups is 1. The Morgan fingerprint density at radius 2 is 1.81 bits per heavy atom. The third kappa shape index (κ3) is 5.83. The Hall–Kier alpha value is -1.43. The van der Waals surface area contributed by atoms with Crippen LogP contribution in [0.4, 0.5) is 0 Å². The first-order valence-corrected chi connectivity index (χ1v) is 8.04. The molecule has 0 aliphatic rings. The van der Waals surface area contributed by atoms with Crippen LogP contribution in [0.3, 0.4) is 0 Å². The molecule has 120 valence electrons. The smallest absolute Gasteiger partial charge is 0.360 e. The first kappa shape index (κ1) is 17.6. The van der Waals surface area contributed by atoms with Crippen LogP contribution in [-0.2, 0) is 17.8 Å². The lowest BCUT2D eigenvalue weighted by atomic mass is 10.1. The number of carbonyl (C=O) groups excluding carboxylic acids is 1. The first-order valence-electron chi connectivity index (χ1n) is 8.04. The van der Waals surface area contributed by atoms with E-state index in [1.54, 1.807) is 11.6 Å². The van der Waals surface area contributed by atoms with E-state index in [1.807, 2.05) is 0 Å². The van der Waals surface area contributed by atoms with Gasteiger partial charge in [-0.15, -0.1) is 5.10 Å². The monoisotopic (exact) mass is 296 g/mol. The molecule has 0 unspecified atom stereocenters. The highest BCUT2D eigenvalue weighted by Gasteiger charge is 2.19. The van der Waals surface area contributed by atoms with Gasteiger partial charge in [-0.2, -0.15) is 0 Å². The molecule has 21 heavy (non-hydrogen) atoms. The molecule has 0 aromatic carbocycles. The number of hydrogen-bond donors (Lipinski definition) is 1. The van der Waals surface area contributed by atoms with Crippen LogP contribution < -0.4 is 5.73 Å². The highest BCUT2D eigenvalue weighted by Crippen LogP contribution is 2.11. The fraction of sp³-hybridized carbons (Fsp3) is 0.800. The van der Waals surface area contributed by atoms with Crippen molar-refractivity contribution in [2.75, 3.05) is 6.61 Å². The van der Waals surface area contributed by atoms with Gasteiger partial charge in [-0.1, -0.05) is 50.7 Å². The zero-order chi connectivity index (χ0) is 15.5. The Morgan fingerprint density at radius 1 is 1.14 bits per heavy atom. The number of aryl methyl sites for hydroxylation is 1. The molecule has 0 spiro atoms. The molecule has 1 aromatic heterocycles. The van der Waals surface area contributed by atoms with E-state index >= 15 is 0 Å². The highest BCUT2D eigenvalue weighted by molar-refractivity contribution is 5.88. The molecular formula is C15H28N4O2. The summed E-state index contributed by atoms with van der Waals surface area (Å²) in [6.45, 7) is 5.32. The van der Waals surface area contributed by atoms with Crippen LogP contribution in [0.2, 0.25) is 0 Å². The Labute approximate surface area is 127 Å². The summed E-state index contributed by atoms with van der Waals surface area (Å²) in [5, 5.41) is 7.93. The van der Waals surface area contributed by atoms with Crippen LogP contribution in [0.5, 0.6) is 0 Å². The lowest BCUT2D eigenvalue weighted by molar-refractivity contribution is 0.0518. The maximum absolute atomic E-state index is 11.7. The first-order chi connectivity index (χ1) is 10.2. The van der Waals surface area contributed by atoms with E-state index < -0.39 is 5.97 Å². The van der Waals surface area contributed by atoms with Crippen molar-refractivity contribution >= 4 is 5.97 Å². The summed E-state index contributed by atoms with van der Waals surface area (Å²) in [5.74, 6) is -0.441. The summed E-state index contributed by atoms with van der Waals surface area (Å²) < 4.78 is 6.69. The van der Waals surface area contributed by atoms with Crippen molar-refractivity contribution in [1.82, 2.24) is 15.0 Å². The van der Waals surface area contributed by atoms with Gasteiger partial charge in [-0.05, 0) is 13.3 Å². The van der Waals surface area contributed by atoms with Gasteiger partial charge in [0, 0.05) is 13.1 Å². The van der Waals surface area contributed by atoms with Crippen molar-refractivity contribution in [3.8, 4) is 0 Å². The summed E-state index contributed by atoms with van der Waals surface area (Å²) in [5.41, 5.74) is 6.62. The summed E-state index contributed by atoms with van der Waals surface area (Å²) in [6.07, 6.45) is 8.66. The van der Waals surface area contributed by atoms with E-state index in [-0.39, 0.29) is 12.2 Å². The maximum Gasteiger partial charge on any atom is 0.360 e. The van der Waals surface area contributed by atoms with Crippen molar-refractivity contribution in [3.63, 3.8) is 0 Å². The summed E-state index contributed by atoms with van der Waals surface area (Å²) in [4.78, 5) is 11.7. The van der Waals surface area contributed by atoms with Gasteiger partial charge < -0.3 is 10.5 Å². The second-order valence-corrected chi connectivity index (χ2v) is 5.15. The number of nitrogens with two attached hydrogens (primary N) is 1. The molecule has 0 atom stereocenters. The summed E-state index contributed by atoms with van der Waals surface area (Å²) >= 11 is 0. The zero-order valence-electron chi connectivity index (χ0n) is 13.3. The molecule has 6 heteroatoms. The van der Waals surface area contributed by atoms with E-state index in [2.05, 4.69) is 17.2 Å². The van der Waals surface area contributed by atoms with Crippen LogP contribution in [0.1, 0.15) is 75.0 Å². The van der Waals surface area contributed by atoms with Gasteiger partial charge >= 0.3 is 5.97 Å². The molecule has 0 aliphatic carbocycles. The molecule has 0 fully saturated rings. The maximum atomic E-state index is 11.7. The van der Waals surface area contributed by atoms with Crippen LogP contribution in [0.15, 0.2) is 0 Å². The normalized spacial score (nSPS) is 10.8. The van der Waals surface area contributed by atoms with Crippen LogP contribution in [0.25, 0.3) is 0 Å². The number of nitrogens with zero attached hydrogens (tertiary/aromatic N) is 3. The molecular weight excluding hydrogens is 268 g/mol. The lowest BCUT2D eigenvalue weighted by Gasteiger charge is -2.06. The molecule has 1 rings (SSSR count). The Bertz CT molecular complexity index is 418. The van der Waals surface area contributed by atoms with E-state index in [1.165, 1.54) is 38.5 Å². The van der Waals surface area contributed by atoms with Crippen molar-refractivity contribution in [2.24, 2.45) is 5.73 Å². The molecule has 0 saturated carbocycles. The van der Waals surface area contributed by atoms with E-state index in [9.17, 15) is 4.79 Å². The van der Waals surface area contributed by atoms with Crippen molar-refractivity contribution in [3.05, 3.63) is 11.4 Å². The predicted molar refractivity (Wildman–Crippen MR) is 81.9 cm³/mol. The lowest BCUT2D eigenvalue weighted by Crippen LogP contribution is -2.14. The van der Waals surface area contributed by atoms with Gasteiger partial charge in [-0.25, -0.2) is 9.48 Å². The third-order valence-corrected chi connectivity index (χ3v) is 3.47. The largest absolute Gasteiger partial charge is 0.461 e. The van der Waals surface area contributed by atoms with Gasteiger partial charge in [0.15, 0.2) is 5.69 Å². The highest BCUT2D eigenvalue weighted by atomic mass is 16.5. The molecule has 0 saturated heterocycles. The fourth-order valence-corrected chi connectivity index (χ4v) is 2.29. The number of esters is 1. The average molecular weight is 296 g/mol. The molecule has 0 bridgehead atoms. The van der Waals surface area contributed by atoms with Gasteiger partial charge in [0.25, 0.3) is 0 Å². The fourth-order valence-electron chi connectivity index (χ4n) is 2.29. The standard InChI is InChI=1S/C15H28N4O2/c1-3-5-6-7-8-9-10-11-19-13(12-16)14(17-18-19)15(20)21-4-2/h3-12,16H2,1-2H3. The average Bonchev–Trinajstić information content (AvgIpc) is 2.89. The topological polar surface area (TPSA) is 83.0 Å². The molecule has 0 amide bonds. The summed E-state index contributed by atoms with van der Waals surface area (Å²) in [7, 11) is 0. The second-order valence-electron chi connectivity index (χ2n) is 5.15. The van der Waals surface area contributed by atoms with Crippen molar-refractivity contribution < 1.29 is 9.53 Å². The van der Waals surface area contributed by atoms with Crippen LogP contribution in [-0.4, -0.2) is 27.6 Å². The van der Waals surface area contributed by atoms with Gasteiger partial charge in [0.05, 0.1) is 12.3 Å². The van der Waals surface area contributed by atoms with Crippen molar-refractivity contribution in [2.45, 2.75) is 71.9 Å². The molecule has 1 aromatic rings. The number of unbranched alkanes of at least 4 members (excludes halogenated alkanes) is 6. The number of aromatic nitrogens is 3. The zero-order valence-corrected chi connectivity index (χ0v) is 13.3. The number of hydrogen-bond acceptors (Lipinski definition) is 5. The van der Waals surface area contributed by atoms with Gasteiger partial charge in [0.1, 0.15) is 0 Å². The van der Waals surface area contributed by atoms with Crippen molar-refractivity contribution in [1.29, 1.82) is 0 Å². The van der Waals surface area contributed by atoms with Gasteiger partial charge in [-0.3, -0.25) is 0 Å². The quantitative estimate of drug-likeness (QED) is 0.501. The Morgan fingerprint density at radius 3 is 2.43 bits per heavy atom. The molecule has 0 radical (unpaired) electrons. The van der Waals surface area contributed by atoms with E-state index in [0.29, 0.717) is 12.3 Å². The van der Waals surface area contributed by atoms with Crippen LogP contribution >= 0.6 is 0 Å². The second kappa shape index (κ2) is 10.3. The van der Waals surface area contributed by atoms with Gasteiger partial charge in [0.2, 0.25) is 0 Å². The molecule has 2 N–H and O–H groups in total. The number of ether oxygens (including phenoxy) is 1.